The van der Waals surface area contributed by atoms with E-state index >= 15 is 0 Å². The Morgan fingerprint density at radius 1 is 0.952 bits per heavy atom. The first-order chi connectivity index (χ1) is 10.0. The van der Waals surface area contributed by atoms with E-state index in [0.29, 0.717) is 10.9 Å². The summed E-state index contributed by atoms with van der Waals surface area (Å²) in [5.41, 5.74) is 9.45. The van der Waals surface area contributed by atoms with E-state index in [-0.39, 0.29) is 6.04 Å². The van der Waals surface area contributed by atoms with Crippen LogP contribution >= 0.6 is 11.6 Å². The van der Waals surface area contributed by atoms with Crippen LogP contribution in [-0.2, 0) is 0 Å². The molecule has 0 saturated carbocycles. The summed E-state index contributed by atoms with van der Waals surface area (Å²) in [5, 5.41) is 1.80. The Morgan fingerprint density at radius 2 is 1.62 bits per heavy atom. The maximum Gasteiger partial charge on any atom is 0.134 e. The van der Waals surface area contributed by atoms with E-state index in [1.54, 1.807) is 0 Å². The third-order valence-electron chi connectivity index (χ3n) is 3.76. The van der Waals surface area contributed by atoms with Gasteiger partial charge in [0.2, 0.25) is 0 Å². The van der Waals surface area contributed by atoms with Gasteiger partial charge in [0.15, 0.2) is 0 Å². The van der Waals surface area contributed by atoms with Gasteiger partial charge in [0.05, 0.1) is 6.04 Å². The van der Waals surface area contributed by atoms with Crippen molar-refractivity contribution in [3.8, 4) is 0 Å². The lowest BCUT2D eigenvalue weighted by molar-refractivity contribution is 0.525. The van der Waals surface area contributed by atoms with E-state index in [2.05, 4.69) is 26.0 Å². The van der Waals surface area contributed by atoms with Crippen molar-refractivity contribution in [2.75, 3.05) is 0 Å². The summed E-state index contributed by atoms with van der Waals surface area (Å²) < 4.78 is 5.89. The molecule has 1 unspecified atom stereocenters. The smallest absolute Gasteiger partial charge is 0.134 e. The van der Waals surface area contributed by atoms with Crippen molar-refractivity contribution in [1.29, 1.82) is 0 Å². The largest absolute Gasteiger partial charge is 0.459 e. The molecule has 2 nitrogen and oxygen atoms in total. The van der Waals surface area contributed by atoms with Crippen molar-refractivity contribution in [3.05, 3.63) is 70.4 Å². The standard InChI is InChI=1S/C18H18ClNO/c1-11(2)13-5-8-16-14(9-13)10-17(21-16)18(20)12-3-6-15(19)7-4-12/h3-11,18H,20H2,1-2H3. The van der Waals surface area contributed by atoms with Gasteiger partial charge in [0.1, 0.15) is 11.3 Å². The molecule has 3 rings (SSSR count). The Labute approximate surface area is 129 Å². The van der Waals surface area contributed by atoms with Gasteiger partial charge in [0, 0.05) is 10.4 Å². The van der Waals surface area contributed by atoms with Gasteiger partial charge in [-0.2, -0.15) is 0 Å². The SMILES string of the molecule is CC(C)c1ccc2oc(C(N)c3ccc(Cl)cc3)cc2c1. The fourth-order valence-electron chi connectivity index (χ4n) is 2.43. The maximum atomic E-state index is 6.29. The van der Waals surface area contributed by atoms with Crippen LogP contribution < -0.4 is 5.73 Å². The summed E-state index contributed by atoms with van der Waals surface area (Å²) in [7, 11) is 0. The summed E-state index contributed by atoms with van der Waals surface area (Å²) in [5.74, 6) is 1.27. The second-order valence-electron chi connectivity index (χ2n) is 5.63. The van der Waals surface area contributed by atoms with Gasteiger partial charge in [-0.15, -0.1) is 0 Å². The van der Waals surface area contributed by atoms with Crippen molar-refractivity contribution >= 4 is 22.6 Å². The molecule has 0 bridgehead atoms. The van der Waals surface area contributed by atoms with Gasteiger partial charge >= 0.3 is 0 Å². The van der Waals surface area contributed by atoms with Crippen LogP contribution in [0.4, 0.5) is 0 Å². The Hall–Kier alpha value is -1.77. The summed E-state index contributed by atoms with van der Waals surface area (Å²) in [6, 6.07) is 15.6. The summed E-state index contributed by atoms with van der Waals surface area (Å²) in [6.45, 7) is 4.36. The molecule has 2 N–H and O–H groups in total. The van der Waals surface area contributed by atoms with Gasteiger partial charge in [-0.25, -0.2) is 0 Å². The highest BCUT2D eigenvalue weighted by molar-refractivity contribution is 6.30. The monoisotopic (exact) mass is 299 g/mol. The molecule has 108 valence electrons. The number of fused-ring (bicyclic) bond motifs is 1. The van der Waals surface area contributed by atoms with Gasteiger partial charge < -0.3 is 10.2 Å². The first-order valence-corrected chi connectivity index (χ1v) is 7.47. The molecule has 0 amide bonds. The molecule has 1 aromatic heterocycles. The molecule has 1 heterocycles. The zero-order valence-electron chi connectivity index (χ0n) is 12.1. The zero-order chi connectivity index (χ0) is 15.0. The first kappa shape index (κ1) is 14.2. The quantitative estimate of drug-likeness (QED) is 0.716. The molecule has 0 radical (unpaired) electrons. The van der Waals surface area contributed by atoms with Crippen LogP contribution in [0.15, 0.2) is 52.9 Å². The van der Waals surface area contributed by atoms with Crippen LogP contribution in [0.1, 0.15) is 42.7 Å². The number of benzene rings is 2. The highest BCUT2D eigenvalue weighted by Crippen LogP contribution is 2.29. The topological polar surface area (TPSA) is 39.2 Å². The van der Waals surface area contributed by atoms with Crippen molar-refractivity contribution in [2.45, 2.75) is 25.8 Å². The second-order valence-corrected chi connectivity index (χ2v) is 6.07. The lowest BCUT2D eigenvalue weighted by Crippen LogP contribution is -2.10. The third-order valence-corrected chi connectivity index (χ3v) is 4.01. The molecule has 3 aromatic rings. The number of rotatable bonds is 3. The van der Waals surface area contributed by atoms with Crippen molar-refractivity contribution in [3.63, 3.8) is 0 Å². The highest BCUT2D eigenvalue weighted by atomic mass is 35.5. The fraction of sp³-hybridized carbons (Fsp3) is 0.222. The van der Waals surface area contributed by atoms with Crippen molar-refractivity contribution in [2.24, 2.45) is 5.73 Å². The maximum absolute atomic E-state index is 6.29. The minimum atomic E-state index is -0.280. The molecule has 3 heteroatoms. The predicted molar refractivity (Wildman–Crippen MR) is 87.8 cm³/mol. The summed E-state index contributed by atoms with van der Waals surface area (Å²) in [4.78, 5) is 0. The average molecular weight is 300 g/mol. The zero-order valence-corrected chi connectivity index (χ0v) is 12.9. The molecule has 2 aromatic carbocycles. The van der Waals surface area contributed by atoms with E-state index in [4.69, 9.17) is 21.8 Å². The molecule has 0 aliphatic heterocycles. The molecular weight excluding hydrogens is 282 g/mol. The summed E-state index contributed by atoms with van der Waals surface area (Å²) in [6.07, 6.45) is 0. The van der Waals surface area contributed by atoms with E-state index < -0.39 is 0 Å². The minimum Gasteiger partial charge on any atom is -0.459 e. The Bertz CT molecular complexity index is 758. The number of furan rings is 1. The molecule has 21 heavy (non-hydrogen) atoms. The van der Waals surface area contributed by atoms with Gasteiger partial charge in [-0.1, -0.05) is 43.6 Å². The van der Waals surface area contributed by atoms with E-state index in [9.17, 15) is 0 Å². The van der Waals surface area contributed by atoms with Gasteiger partial charge in [-0.3, -0.25) is 0 Å². The Morgan fingerprint density at radius 3 is 2.29 bits per heavy atom. The molecule has 0 fully saturated rings. The van der Waals surface area contributed by atoms with Crippen LogP contribution in [-0.4, -0.2) is 0 Å². The third kappa shape index (κ3) is 2.82. The van der Waals surface area contributed by atoms with Crippen LogP contribution in [0.3, 0.4) is 0 Å². The number of halogens is 1. The molecule has 0 aliphatic carbocycles. The van der Waals surface area contributed by atoms with Crippen LogP contribution in [0.2, 0.25) is 5.02 Å². The average Bonchev–Trinajstić information content (AvgIpc) is 2.90. The highest BCUT2D eigenvalue weighted by Gasteiger charge is 2.14. The Balaban J connectivity index is 1.98. The number of hydrogen-bond donors (Lipinski definition) is 1. The van der Waals surface area contributed by atoms with E-state index in [0.717, 1.165) is 22.3 Å². The fourth-order valence-corrected chi connectivity index (χ4v) is 2.56. The minimum absolute atomic E-state index is 0.280. The Kier molecular flexibility index (Phi) is 3.75. The molecular formula is C18H18ClNO. The van der Waals surface area contributed by atoms with E-state index in [1.165, 1.54) is 5.56 Å². The van der Waals surface area contributed by atoms with Gasteiger partial charge in [0.25, 0.3) is 0 Å². The van der Waals surface area contributed by atoms with Crippen LogP contribution in [0.5, 0.6) is 0 Å². The molecule has 0 aliphatic rings. The second kappa shape index (κ2) is 5.55. The van der Waals surface area contributed by atoms with Crippen molar-refractivity contribution in [1.82, 2.24) is 0 Å². The number of hydrogen-bond acceptors (Lipinski definition) is 2. The van der Waals surface area contributed by atoms with Crippen molar-refractivity contribution < 1.29 is 4.42 Å². The van der Waals surface area contributed by atoms with Crippen LogP contribution in [0, 0.1) is 0 Å². The predicted octanol–water partition coefficient (Wildman–Crippen LogP) is 5.26. The van der Waals surface area contributed by atoms with Crippen LogP contribution in [0.25, 0.3) is 11.0 Å². The lowest BCUT2D eigenvalue weighted by Gasteiger charge is -2.08. The molecule has 0 saturated heterocycles. The molecule has 0 spiro atoms. The number of nitrogens with two attached hydrogens (primary N) is 1. The van der Waals surface area contributed by atoms with E-state index in [1.807, 2.05) is 36.4 Å². The lowest BCUT2D eigenvalue weighted by atomic mass is 10.0. The normalized spacial score (nSPS) is 13.0. The van der Waals surface area contributed by atoms with Gasteiger partial charge in [-0.05, 0) is 47.4 Å². The molecule has 1 atom stereocenters. The first-order valence-electron chi connectivity index (χ1n) is 7.09. The summed E-state index contributed by atoms with van der Waals surface area (Å²) >= 11 is 5.91.